The highest BCUT2D eigenvalue weighted by molar-refractivity contribution is 6.07. The van der Waals surface area contributed by atoms with Crippen molar-refractivity contribution in [1.82, 2.24) is 15.1 Å². The normalized spacial score (nSPS) is 21.0. The van der Waals surface area contributed by atoms with Gasteiger partial charge in [0.2, 0.25) is 0 Å². The standard InChI is InChI=1S/C17H23N3O3/c1-13-4-2-3-5-14(13)12-19-8-6-17(7-9-19)15(22)20(10-11-21)16(23)18-17/h2-5,21H,6-12H2,1H3,(H,18,23). The molecule has 2 heterocycles. The fraction of sp³-hybridized carbons (Fsp3) is 0.529. The maximum atomic E-state index is 12.5. The number of likely N-dealkylation sites (tertiary alicyclic amines) is 1. The Morgan fingerprint density at radius 2 is 1.91 bits per heavy atom. The largest absolute Gasteiger partial charge is 0.395 e. The molecule has 2 aliphatic rings. The highest BCUT2D eigenvalue weighted by atomic mass is 16.3. The minimum absolute atomic E-state index is 0.0688. The van der Waals surface area contributed by atoms with E-state index >= 15 is 0 Å². The number of carbonyl (C=O) groups is 2. The molecule has 124 valence electrons. The zero-order chi connectivity index (χ0) is 16.4. The van der Waals surface area contributed by atoms with Crippen LogP contribution in [0.25, 0.3) is 0 Å². The minimum Gasteiger partial charge on any atom is -0.395 e. The molecule has 1 aromatic carbocycles. The smallest absolute Gasteiger partial charge is 0.325 e. The van der Waals surface area contributed by atoms with Gasteiger partial charge in [-0.15, -0.1) is 0 Å². The van der Waals surface area contributed by atoms with Gasteiger partial charge >= 0.3 is 6.03 Å². The first-order valence-electron chi connectivity index (χ1n) is 8.07. The zero-order valence-electron chi connectivity index (χ0n) is 13.4. The molecule has 0 aromatic heterocycles. The van der Waals surface area contributed by atoms with Crippen molar-refractivity contribution in [2.45, 2.75) is 31.8 Å². The topological polar surface area (TPSA) is 72.9 Å². The molecule has 0 unspecified atom stereocenters. The van der Waals surface area contributed by atoms with E-state index in [1.807, 2.05) is 12.1 Å². The third-order valence-corrected chi connectivity index (χ3v) is 4.93. The molecule has 2 fully saturated rings. The lowest BCUT2D eigenvalue weighted by Crippen LogP contribution is -2.54. The van der Waals surface area contributed by atoms with Gasteiger partial charge in [-0.05, 0) is 30.9 Å². The molecule has 0 atom stereocenters. The van der Waals surface area contributed by atoms with Gasteiger partial charge in [-0.25, -0.2) is 4.79 Å². The van der Waals surface area contributed by atoms with Gasteiger partial charge < -0.3 is 10.4 Å². The van der Waals surface area contributed by atoms with Gasteiger partial charge in [0, 0.05) is 19.6 Å². The van der Waals surface area contributed by atoms with Crippen molar-refractivity contribution in [2.24, 2.45) is 0 Å². The molecule has 6 nitrogen and oxygen atoms in total. The number of aliphatic hydroxyl groups excluding tert-OH is 1. The number of benzene rings is 1. The number of amides is 3. The average molecular weight is 317 g/mol. The van der Waals surface area contributed by atoms with E-state index in [9.17, 15) is 9.59 Å². The van der Waals surface area contributed by atoms with Crippen LogP contribution in [0.15, 0.2) is 24.3 Å². The summed E-state index contributed by atoms with van der Waals surface area (Å²) in [4.78, 5) is 27.9. The van der Waals surface area contributed by atoms with E-state index < -0.39 is 5.54 Å². The number of hydrogen-bond donors (Lipinski definition) is 2. The number of rotatable bonds is 4. The lowest BCUT2D eigenvalue weighted by molar-refractivity contribution is -0.133. The van der Waals surface area contributed by atoms with Crippen LogP contribution in [0.4, 0.5) is 4.79 Å². The molecule has 1 spiro atoms. The number of β-amino-alcohol motifs (C(OH)–C–C–N with tert-alkyl or cyclic N) is 1. The molecule has 0 bridgehead atoms. The van der Waals surface area contributed by atoms with Crippen molar-refractivity contribution in [3.05, 3.63) is 35.4 Å². The van der Waals surface area contributed by atoms with E-state index in [1.165, 1.54) is 11.1 Å². The summed E-state index contributed by atoms with van der Waals surface area (Å²) in [6.45, 7) is 4.38. The Morgan fingerprint density at radius 1 is 1.22 bits per heavy atom. The maximum Gasteiger partial charge on any atom is 0.325 e. The molecule has 6 heteroatoms. The number of aliphatic hydroxyl groups is 1. The number of imide groups is 1. The summed E-state index contributed by atoms with van der Waals surface area (Å²) < 4.78 is 0. The van der Waals surface area contributed by atoms with Crippen LogP contribution in [-0.2, 0) is 11.3 Å². The molecule has 2 N–H and O–H groups in total. The van der Waals surface area contributed by atoms with E-state index in [4.69, 9.17) is 5.11 Å². The Balaban J connectivity index is 1.63. The first-order chi connectivity index (χ1) is 11.1. The van der Waals surface area contributed by atoms with Crippen LogP contribution in [0, 0.1) is 6.92 Å². The zero-order valence-corrected chi connectivity index (χ0v) is 13.4. The molecular weight excluding hydrogens is 294 g/mol. The van der Waals surface area contributed by atoms with E-state index in [-0.39, 0.29) is 25.1 Å². The van der Waals surface area contributed by atoms with Gasteiger partial charge in [-0.3, -0.25) is 14.6 Å². The van der Waals surface area contributed by atoms with Crippen molar-refractivity contribution in [3.63, 3.8) is 0 Å². The highest BCUT2D eigenvalue weighted by Crippen LogP contribution is 2.30. The fourth-order valence-corrected chi connectivity index (χ4v) is 3.44. The summed E-state index contributed by atoms with van der Waals surface area (Å²) in [5.41, 5.74) is 1.80. The Kier molecular flexibility index (Phi) is 4.37. The quantitative estimate of drug-likeness (QED) is 0.809. The Bertz CT molecular complexity index is 609. The van der Waals surface area contributed by atoms with Crippen molar-refractivity contribution >= 4 is 11.9 Å². The van der Waals surface area contributed by atoms with Crippen LogP contribution >= 0.6 is 0 Å². The number of nitrogens with zero attached hydrogens (tertiary/aromatic N) is 2. The molecule has 2 aliphatic heterocycles. The maximum absolute atomic E-state index is 12.5. The summed E-state index contributed by atoms with van der Waals surface area (Å²) in [7, 11) is 0. The molecule has 2 saturated heterocycles. The minimum atomic E-state index is -0.769. The van der Waals surface area contributed by atoms with Gasteiger partial charge in [-0.1, -0.05) is 24.3 Å². The highest BCUT2D eigenvalue weighted by Gasteiger charge is 2.51. The number of hydrogen-bond acceptors (Lipinski definition) is 4. The number of aryl methyl sites for hydroxylation is 1. The summed E-state index contributed by atoms with van der Waals surface area (Å²) in [5, 5.41) is 11.8. The number of piperidine rings is 1. The van der Waals surface area contributed by atoms with Crippen LogP contribution in [0.3, 0.4) is 0 Å². The first-order valence-corrected chi connectivity index (χ1v) is 8.07. The monoisotopic (exact) mass is 317 g/mol. The molecule has 0 saturated carbocycles. The van der Waals surface area contributed by atoms with Gasteiger partial charge in [0.05, 0.1) is 13.2 Å². The number of urea groups is 1. The van der Waals surface area contributed by atoms with Gasteiger partial charge in [-0.2, -0.15) is 0 Å². The third kappa shape index (κ3) is 2.96. The van der Waals surface area contributed by atoms with E-state index in [0.29, 0.717) is 12.8 Å². The Hall–Kier alpha value is -1.92. The van der Waals surface area contributed by atoms with Crippen LogP contribution in [-0.4, -0.2) is 58.6 Å². The third-order valence-electron chi connectivity index (χ3n) is 4.93. The summed E-state index contributed by atoms with van der Waals surface area (Å²) >= 11 is 0. The number of carbonyl (C=O) groups excluding carboxylic acids is 2. The average Bonchev–Trinajstić information content (AvgIpc) is 2.77. The summed E-state index contributed by atoms with van der Waals surface area (Å²) in [6.07, 6.45) is 1.23. The van der Waals surface area contributed by atoms with Crippen molar-refractivity contribution in [1.29, 1.82) is 0 Å². The second kappa shape index (κ2) is 6.29. The molecule has 0 radical (unpaired) electrons. The van der Waals surface area contributed by atoms with Crippen LogP contribution in [0.1, 0.15) is 24.0 Å². The molecule has 0 aliphatic carbocycles. The first kappa shape index (κ1) is 16.0. The fourth-order valence-electron chi connectivity index (χ4n) is 3.44. The Labute approximate surface area is 136 Å². The molecule has 1 aromatic rings. The predicted molar refractivity (Wildman–Crippen MR) is 85.8 cm³/mol. The van der Waals surface area contributed by atoms with Crippen molar-refractivity contribution in [3.8, 4) is 0 Å². The van der Waals surface area contributed by atoms with Crippen LogP contribution in [0.5, 0.6) is 0 Å². The molecule has 3 amide bonds. The molecule has 23 heavy (non-hydrogen) atoms. The summed E-state index contributed by atoms with van der Waals surface area (Å²) in [6, 6.07) is 7.93. The van der Waals surface area contributed by atoms with E-state index in [1.54, 1.807) is 0 Å². The van der Waals surface area contributed by atoms with Crippen LogP contribution < -0.4 is 5.32 Å². The molecular formula is C17H23N3O3. The lowest BCUT2D eigenvalue weighted by atomic mass is 9.87. The van der Waals surface area contributed by atoms with E-state index in [0.717, 1.165) is 24.5 Å². The predicted octanol–water partition coefficient (Wildman–Crippen LogP) is 0.874. The second-order valence-corrected chi connectivity index (χ2v) is 6.40. The second-order valence-electron chi connectivity index (χ2n) is 6.40. The van der Waals surface area contributed by atoms with Crippen molar-refractivity contribution < 1.29 is 14.7 Å². The van der Waals surface area contributed by atoms with E-state index in [2.05, 4.69) is 29.3 Å². The van der Waals surface area contributed by atoms with Gasteiger partial charge in [0.1, 0.15) is 5.54 Å². The summed E-state index contributed by atoms with van der Waals surface area (Å²) in [5.74, 6) is -0.188. The number of nitrogens with one attached hydrogen (secondary N) is 1. The van der Waals surface area contributed by atoms with Gasteiger partial charge in [0.15, 0.2) is 0 Å². The molecule has 3 rings (SSSR count). The SMILES string of the molecule is Cc1ccccc1CN1CCC2(CC1)NC(=O)N(CCO)C2=O. The Morgan fingerprint density at radius 3 is 2.57 bits per heavy atom. The van der Waals surface area contributed by atoms with Crippen molar-refractivity contribution in [2.75, 3.05) is 26.2 Å². The van der Waals surface area contributed by atoms with Gasteiger partial charge in [0.25, 0.3) is 5.91 Å². The van der Waals surface area contributed by atoms with Crippen LogP contribution in [0.2, 0.25) is 0 Å². The lowest BCUT2D eigenvalue weighted by Gasteiger charge is -2.37.